The van der Waals surface area contributed by atoms with E-state index in [0.717, 1.165) is 23.9 Å². The van der Waals surface area contributed by atoms with Gasteiger partial charge in [-0.05, 0) is 30.7 Å². The molecule has 124 valence electrons. The lowest BCUT2D eigenvalue weighted by Gasteiger charge is -2.17. The van der Waals surface area contributed by atoms with Crippen LogP contribution in [0, 0.1) is 10.1 Å². The van der Waals surface area contributed by atoms with Gasteiger partial charge in [-0.3, -0.25) is 19.7 Å². The molecule has 0 saturated carbocycles. The number of nitro groups is 1. The summed E-state index contributed by atoms with van der Waals surface area (Å²) in [5, 5.41) is 16.0. The predicted octanol–water partition coefficient (Wildman–Crippen LogP) is 3.60. The van der Waals surface area contributed by atoms with Crippen molar-refractivity contribution in [1.82, 2.24) is 14.7 Å². The van der Waals surface area contributed by atoms with Crippen LogP contribution in [0.3, 0.4) is 0 Å². The van der Waals surface area contributed by atoms with Crippen LogP contribution in [0.25, 0.3) is 10.9 Å². The molecule has 0 N–H and O–H groups in total. The summed E-state index contributed by atoms with van der Waals surface area (Å²) in [6.07, 6.45) is 2.72. The quantitative estimate of drug-likeness (QED) is 0.513. The number of benzene rings is 2. The molecule has 24 heavy (non-hydrogen) atoms. The maximum Gasteiger partial charge on any atom is 0.270 e. The minimum Gasteiger partial charge on any atom is -0.283 e. The average molecular weight is 324 g/mol. The summed E-state index contributed by atoms with van der Waals surface area (Å²) in [6.45, 7) is 3.59. The molecule has 0 aliphatic carbocycles. The van der Waals surface area contributed by atoms with Crippen molar-refractivity contribution in [3.8, 4) is 0 Å². The Kier molecular flexibility index (Phi) is 4.57. The molecule has 1 heterocycles. The van der Waals surface area contributed by atoms with Crippen molar-refractivity contribution < 1.29 is 4.92 Å². The molecule has 0 unspecified atom stereocenters. The standard InChI is InChI=1S/C18H20N4O2/c1-3-14-4-6-15(7-5-14)12-20(2)13-21-18-9-8-17(22(23)24)10-16(18)11-19-21/h4-11H,3,12-13H2,1-2H3. The van der Waals surface area contributed by atoms with Crippen LogP contribution in [0.15, 0.2) is 48.7 Å². The molecule has 0 aliphatic heterocycles. The molecule has 0 saturated heterocycles. The molecular formula is C18H20N4O2. The minimum atomic E-state index is -0.386. The Morgan fingerprint density at radius 1 is 1.17 bits per heavy atom. The molecular weight excluding hydrogens is 304 g/mol. The third-order valence-corrected chi connectivity index (χ3v) is 4.10. The molecule has 0 radical (unpaired) electrons. The zero-order valence-corrected chi connectivity index (χ0v) is 13.8. The Morgan fingerprint density at radius 3 is 2.54 bits per heavy atom. The summed E-state index contributed by atoms with van der Waals surface area (Å²) in [5.41, 5.74) is 3.57. The number of nitro benzene ring substituents is 1. The van der Waals surface area contributed by atoms with E-state index >= 15 is 0 Å². The van der Waals surface area contributed by atoms with Gasteiger partial charge in [0.25, 0.3) is 5.69 Å². The van der Waals surface area contributed by atoms with E-state index in [1.807, 2.05) is 11.7 Å². The van der Waals surface area contributed by atoms with Gasteiger partial charge in [-0.25, -0.2) is 0 Å². The van der Waals surface area contributed by atoms with Gasteiger partial charge >= 0.3 is 0 Å². The first-order chi connectivity index (χ1) is 11.6. The molecule has 0 atom stereocenters. The van der Waals surface area contributed by atoms with E-state index in [4.69, 9.17) is 0 Å². The zero-order valence-electron chi connectivity index (χ0n) is 13.8. The number of rotatable bonds is 6. The Balaban J connectivity index is 1.72. The van der Waals surface area contributed by atoms with Gasteiger partial charge in [-0.15, -0.1) is 0 Å². The average Bonchev–Trinajstić information content (AvgIpc) is 2.97. The van der Waals surface area contributed by atoms with Gasteiger partial charge in [0.2, 0.25) is 0 Å². The second-order valence-electron chi connectivity index (χ2n) is 5.97. The van der Waals surface area contributed by atoms with Crippen LogP contribution in [0.4, 0.5) is 5.69 Å². The summed E-state index contributed by atoms with van der Waals surface area (Å²) in [4.78, 5) is 12.6. The maximum absolute atomic E-state index is 10.8. The second kappa shape index (κ2) is 6.80. The van der Waals surface area contributed by atoms with Crippen LogP contribution in [0.2, 0.25) is 0 Å². The van der Waals surface area contributed by atoms with Gasteiger partial charge < -0.3 is 0 Å². The SMILES string of the molecule is CCc1ccc(CN(C)Cn2ncc3cc([N+](=O)[O-])ccc32)cc1. The first kappa shape index (κ1) is 16.1. The number of aromatic nitrogens is 2. The molecule has 1 aromatic heterocycles. The molecule has 0 amide bonds. The lowest BCUT2D eigenvalue weighted by molar-refractivity contribution is -0.384. The van der Waals surface area contributed by atoms with Gasteiger partial charge in [0.15, 0.2) is 0 Å². The fraction of sp³-hybridized carbons (Fsp3) is 0.278. The molecule has 0 fully saturated rings. The maximum atomic E-state index is 10.8. The normalized spacial score (nSPS) is 11.3. The van der Waals surface area contributed by atoms with Crippen molar-refractivity contribution in [2.24, 2.45) is 0 Å². The number of aryl methyl sites for hydroxylation is 1. The Labute approximate surface area is 140 Å². The van der Waals surface area contributed by atoms with Crippen molar-refractivity contribution in [3.63, 3.8) is 0 Å². The number of hydrogen-bond acceptors (Lipinski definition) is 4. The third-order valence-electron chi connectivity index (χ3n) is 4.10. The molecule has 3 rings (SSSR count). The van der Waals surface area contributed by atoms with Crippen molar-refractivity contribution in [2.45, 2.75) is 26.6 Å². The van der Waals surface area contributed by atoms with E-state index in [-0.39, 0.29) is 10.6 Å². The topological polar surface area (TPSA) is 64.2 Å². The number of non-ortho nitro benzene ring substituents is 1. The van der Waals surface area contributed by atoms with Gasteiger partial charge in [0, 0.05) is 24.1 Å². The fourth-order valence-electron chi connectivity index (χ4n) is 2.77. The minimum absolute atomic E-state index is 0.0893. The summed E-state index contributed by atoms with van der Waals surface area (Å²) in [7, 11) is 2.03. The molecule has 6 nitrogen and oxygen atoms in total. The van der Waals surface area contributed by atoms with Gasteiger partial charge in [-0.1, -0.05) is 31.2 Å². The van der Waals surface area contributed by atoms with Crippen LogP contribution in [0.1, 0.15) is 18.1 Å². The lowest BCUT2D eigenvalue weighted by Crippen LogP contribution is -2.22. The van der Waals surface area contributed by atoms with E-state index in [9.17, 15) is 10.1 Å². The molecule has 0 spiro atoms. The van der Waals surface area contributed by atoms with Crippen molar-refractivity contribution in [2.75, 3.05) is 7.05 Å². The monoisotopic (exact) mass is 324 g/mol. The first-order valence-electron chi connectivity index (χ1n) is 7.93. The Bertz CT molecular complexity index is 855. The van der Waals surface area contributed by atoms with Gasteiger partial charge in [0.05, 0.1) is 23.3 Å². The molecule has 6 heteroatoms. The van der Waals surface area contributed by atoms with Crippen LogP contribution in [-0.2, 0) is 19.6 Å². The van der Waals surface area contributed by atoms with E-state index in [1.165, 1.54) is 17.2 Å². The van der Waals surface area contributed by atoms with E-state index in [0.29, 0.717) is 6.67 Å². The van der Waals surface area contributed by atoms with Gasteiger partial charge in [-0.2, -0.15) is 5.10 Å². The Hall–Kier alpha value is -2.73. The van der Waals surface area contributed by atoms with E-state index in [2.05, 4.69) is 41.2 Å². The highest BCUT2D eigenvalue weighted by atomic mass is 16.6. The second-order valence-corrected chi connectivity index (χ2v) is 5.97. The highest BCUT2D eigenvalue weighted by Crippen LogP contribution is 2.20. The number of fused-ring (bicyclic) bond motifs is 1. The largest absolute Gasteiger partial charge is 0.283 e. The number of hydrogen-bond donors (Lipinski definition) is 0. The van der Waals surface area contributed by atoms with Crippen LogP contribution >= 0.6 is 0 Å². The predicted molar refractivity (Wildman–Crippen MR) is 93.7 cm³/mol. The summed E-state index contributed by atoms with van der Waals surface area (Å²) < 4.78 is 1.86. The highest BCUT2D eigenvalue weighted by Gasteiger charge is 2.11. The van der Waals surface area contributed by atoms with Crippen molar-refractivity contribution >= 4 is 16.6 Å². The molecule has 3 aromatic rings. The van der Waals surface area contributed by atoms with Crippen LogP contribution in [-0.4, -0.2) is 26.7 Å². The first-order valence-corrected chi connectivity index (χ1v) is 7.93. The van der Waals surface area contributed by atoms with E-state index < -0.39 is 0 Å². The van der Waals surface area contributed by atoms with Crippen molar-refractivity contribution in [3.05, 3.63) is 69.9 Å². The third kappa shape index (κ3) is 3.44. The van der Waals surface area contributed by atoms with Crippen LogP contribution in [0.5, 0.6) is 0 Å². The smallest absolute Gasteiger partial charge is 0.270 e. The molecule has 0 aliphatic rings. The Morgan fingerprint density at radius 2 is 1.88 bits per heavy atom. The zero-order chi connectivity index (χ0) is 17.1. The summed E-state index contributed by atoms with van der Waals surface area (Å²) >= 11 is 0. The molecule has 0 bridgehead atoms. The highest BCUT2D eigenvalue weighted by molar-refractivity contribution is 5.81. The summed E-state index contributed by atoms with van der Waals surface area (Å²) in [5.74, 6) is 0. The van der Waals surface area contributed by atoms with Crippen LogP contribution < -0.4 is 0 Å². The lowest BCUT2D eigenvalue weighted by atomic mass is 10.1. The fourth-order valence-corrected chi connectivity index (χ4v) is 2.77. The van der Waals surface area contributed by atoms with E-state index in [1.54, 1.807) is 18.3 Å². The molecule has 2 aromatic carbocycles. The van der Waals surface area contributed by atoms with Crippen molar-refractivity contribution in [1.29, 1.82) is 0 Å². The summed E-state index contributed by atoms with van der Waals surface area (Å²) in [6, 6.07) is 13.5. The van der Waals surface area contributed by atoms with Gasteiger partial charge in [0.1, 0.15) is 0 Å². The number of nitrogens with zero attached hydrogens (tertiary/aromatic N) is 4.